The highest BCUT2D eigenvalue weighted by molar-refractivity contribution is 7.85. The fraction of sp³-hybridized carbons (Fsp3) is 0.367. The molecule has 0 radical (unpaired) electrons. The van der Waals surface area contributed by atoms with Crippen LogP contribution in [0.25, 0.3) is 0 Å². The highest BCUT2D eigenvalue weighted by Crippen LogP contribution is 2.26. The van der Waals surface area contributed by atoms with E-state index >= 15 is 0 Å². The number of hydrogen-bond donors (Lipinski definition) is 5. The number of aromatic nitrogens is 3. The van der Waals surface area contributed by atoms with Crippen LogP contribution in [0.1, 0.15) is 29.9 Å². The molecule has 18 heteroatoms. The van der Waals surface area contributed by atoms with Gasteiger partial charge in [0.1, 0.15) is 11.6 Å². The van der Waals surface area contributed by atoms with Gasteiger partial charge in [-0.15, -0.1) is 13.2 Å². The number of nitrogens with one attached hydrogen (secondary N) is 3. The Kier molecular flexibility index (Phi) is 17.8. The molecule has 4 rings (SSSR count). The van der Waals surface area contributed by atoms with Crippen LogP contribution in [0.2, 0.25) is 0 Å². The van der Waals surface area contributed by atoms with Crippen molar-refractivity contribution in [2.24, 2.45) is 0 Å². The van der Waals surface area contributed by atoms with Crippen molar-refractivity contribution in [3.63, 3.8) is 0 Å². The summed E-state index contributed by atoms with van der Waals surface area (Å²) in [5.74, 6) is 1.06. The summed E-state index contributed by atoms with van der Waals surface area (Å²) >= 11 is 0. The van der Waals surface area contributed by atoms with Crippen molar-refractivity contribution in [3.8, 4) is 0 Å². The molecule has 0 aliphatic carbocycles. The van der Waals surface area contributed by atoms with E-state index in [9.17, 15) is 25.6 Å². The largest absolute Gasteiger partial charge is 0.412 e. The van der Waals surface area contributed by atoms with E-state index in [1.54, 1.807) is 36.4 Å². The Labute approximate surface area is 280 Å². The third kappa shape index (κ3) is 17.7. The summed E-state index contributed by atoms with van der Waals surface area (Å²) in [6.07, 6.45) is 6.76. The van der Waals surface area contributed by atoms with Gasteiger partial charge in [0, 0.05) is 44.7 Å². The van der Waals surface area contributed by atoms with Gasteiger partial charge in [0.25, 0.3) is 20.2 Å². The quantitative estimate of drug-likeness (QED) is 0.135. The molecule has 0 amide bonds. The van der Waals surface area contributed by atoms with E-state index < -0.39 is 20.2 Å². The van der Waals surface area contributed by atoms with E-state index in [4.69, 9.17) is 9.11 Å². The minimum atomic E-state index is -3.67. The average Bonchev–Trinajstić information content (AvgIpc) is 2.99. The van der Waals surface area contributed by atoms with E-state index in [0.717, 1.165) is 37.1 Å². The third-order valence-corrected chi connectivity index (χ3v) is 6.37. The lowest BCUT2D eigenvalue weighted by Gasteiger charge is -2.33. The Bertz CT molecular complexity index is 1520. The Morgan fingerprint density at radius 2 is 1.19 bits per heavy atom. The smallest absolute Gasteiger partial charge is 0.261 e. The zero-order chi connectivity index (χ0) is 35.0. The summed E-state index contributed by atoms with van der Waals surface area (Å²) in [7, 11) is -7.33. The van der Waals surface area contributed by atoms with E-state index in [1.165, 1.54) is 24.3 Å². The van der Waals surface area contributed by atoms with Crippen LogP contribution in [-0.4, -0.2) is 97.6 Å². The van der Waals surface area contributed by atoms with Crippen LogP contribution in [0.15, 0.2) is 73.8 Å². The minimum absolute atomic E-state index is 0. The zero-order valence-electron chi connectivity index (χ0n) is 26.7. The van der Waals surface area contributed by atoms with Gasteiger partial charge in [-0.2, -0.15) is 31.8 Å². The third-order valence-electron chi connectivity index (χ3n) is 6.37. The van der Waals surface area contributed by atoms with Crippen LogP contribution in [0.4, 0.5) is 26.6 Å². The molecule has 0 atom stereocenters. The topological polar surface area (TPSA) is 218 Å². The molecule has 1 saturated heterocycles. The van der Waals surface area contributed by atoms with Crippen molar-refractivity contribution in [2.75, 3.05) is 60.8 Å². The summed E-state index contributed by atoms with van der Waals surface area (Å²) in [5, 5.41) is 9.96. The van der Waals surface area contributed by atoms with Gasteiger partial charge in [-0.3, -0.25) is 9.11 Å². The lowest BCUT2D eigenvalue weighted by Crippen LogP contribution is -2.44. The molecular formula is C30H43F2N7O7S2. The van der Waals surface area contributed by atoms with Gasteiger partial charge in [0.05, 0.1) is 12.5 Å². The van der Waals surface area contributed by atoms with Gasteiger partial charge in [-0.1, -0.05) is 36.4 Å². The minimum Gasteiger partial charge on any atom is -0.412 e. The number of benzene rings is 2. The number of nitrogens with zero attached hydrogens (tertiary/aromatic N) is 4. The molecule has 0 spiro atoms. The molecule has 7 N–H and O–H groups in total. The first-order valence-electron chi connectivity index (χ1n) is 14.4. The molecule has 1 aliphatic heterocycles. The Morgan fingerprint density at radius 3 is 1.54 bits per heavy atom. The second kappa shape index (κ2) is 20.3. The first-order chi connectivity index (χ1) is 22.1. The Hall–Kier alpha value is -4.07. The summed E-state index contributed by atoms with van der Waals surface area (Å²) in [6, 6.07) is 13.4. The normalized spacial score (nSPS) is 13.2. The summed E-state index contributed by atoms with van der Waals surface area (Å²) < 4.78 is 78.8. The fourth-order valence-corrected chi connectivity index (χ4v) is 4.38. The van der Waals surface area contributed by atoms with E-state index in [1.807, 2.05) is 0 Å². The van der Waals surface area contributed by atoms with Crippen LogP contribution in [-0.2, 0) is 20.2 Å². The van der Waals surface area contributed by atoms with Crippen molar-refractivity contribution in [3.05, 3.63) is 96.6 Å². The van der Waals surface area contributed by atoms with Crippen LogP contribution < -0.4 is 20.9 Å². The maximum Gasteiger partial charge on any atom is 0.261 e. The van der Waals surface area contributed by atoms with Crippen LogP contribution in [0.3, 0.4) is 0 Å². The SMILES string of the molecule is C=CCNc1nc(NCC=C)nc(N2CCC(NCC(c3ccc(F)cc3)c3ccc(F)cc3)CC2)n1.CS(=O)(=O)O.CS(=O)(=O)O.O. The van der Waals surface area contributed by atoms with Crippen molar-refractivity contribution in [1.82, 2.24) is 20.3 Å². The van der Waals surface area contributed by atoms with E-state index in [2.05, 4.69) is 49.0 Å². The first kappa shape index (κ1) is 42.0. The second-order valence-corrected chi connectivity index (χ2v) is 13.3. The zero-order valence-corrected chi connectivity index (χ0v) is 28.3. The Balaban J connectivity index is 0.000000917. The van der Waals surface area contributed by atoms with Crippen LogP contribution >= 0.6 is 0 Å². The molecule has 266 valence electrons. The fourth-order valence-electron chi connectivity index (χ4n) is 4.38. The molecule has 0 bridgehead atoms. The lowest BCUT2D eigenvalue weighted by atomic mass is 9.90. The maximum absolute atomic E-state index is 13.5. The molecule has 48 heavy (non-hydrogen) atoms. The molecule has 3 aromatic rings. The van der Waals surface area contributed by atoms with Gasteiger partial charge in [-0.05, 0) is 48.2 Å². The monoisotopic (exact) mass is 715 g/mol. The maximum atomic E-state index is 13.5. The van der Waals surface area contributed by atoms with Gasteiger partial charge in [0.2, 0.25) is 17.8 Å². The van der Waals surface area contributed by atoms with Gasteiger partial charge in [0.15, 0.2) is 0 Å². The number of halogens is 2. The van der Waals surface area contributed by atoms with Gasteiger partial charge in [-0.25, -0.2) is 8.78 Å². The van der Waals surface area contributed by atoms with Crippen molar-refractivity contribution >= 4 is 38.1 Å². The first-order valence-corrected chi connectivity index (χ1v) is 18.0. The highest BCUT2D eigenvalue weighted by Gasteiger charge is 2.24. The molecule has 0 unspecified atom stereocenters. The molecule has 2 aromatic carbocycles. The van der Waals surface area contributed by atoms with Crippen LogP contribution in [0.5, 0.6) is 0 Å². The molecule has 14 nitrogen and oxygen atoms in total. The molecule has 1 aliphatic rings. The molecule has 0 saturated carbocycles. The van der Waals surface area contributed by atoms with Crippen LogP contribution in [0, 0.1) is 11.6 Å². The number of anilines is 3. The lowest BCUT2D eigenvalue weighted by molar-refractivity contribution is 0.407. The second-order valence-electron chi connectivity index (χ2n) is 10.4. The molecule has 1 aromatic heterocycles. The molecule has 2 heterocycles. The molecular weight excluding hydrogens is 673 g/mol. The predicted octanol–water partition coefficient (Wildman–Crippen LogP) is 2.92. The Morgan fingerprint density at radius 1 is 0.812 bits per heavy atom. The standard InChI is InChI=1S/C28H33F2N7.2CH4O3S.H2O/c1-3-15-31-26-34-27(32-16-4-2)36-28(35-26)37-17-13-24(14-18-37)33-19-25(20-5-9-22(29)10-6-20)21-7-11-23(30)12-8-21;2*1-5(2,3)4;/h3-12,24-25,33H,1-2,13-19H2,(H2,31,32,34,35,36);2*1H3,(H,2,3,4);1H2. The predicted molar refractivity (Wildman–Crippen MR) is 184 cm³/mol. The summed E-state index contributed by atoms with van der Waals surface area (Å²) in [6.45, 7) is 10.8. The molecule has 1 fully saturated rings. The van der Waals surface area contributed by atoms with Crippen molar-refractivity contribution < 1.29 is 40.2 Å². The number of rotatable bonds is 12. The van der Waals surface area contributed by atoms with Gasteiger partial charge < -0.3 is 26.3 Å². The van der Waals surface area contributed by atoms with Gasteiger partial charge >= 0.3 is 0 Å². The van der Waals surface area contributed by atoms with Crippen molar-refractivity contribution in [2.45, 2.75) is 24.8 Å². The van der Waals surface area contributed by atoms with E-state index in [-0.39, 0.29) is 23.0 Å². The number of hydrogen-bond acceptors (Lipinski definition) is 11. The highest BCUT2D eigenvalue weighted by atomic mass is 32.2. The average molecular weight is 716 g/mol. The summed E-state index contributed by atoms with van der Waals surface area (Å²) in [5.41, 5.74) is 1.98. The number of piperidine rings is 1. The van der Waals surface area contributed by atoms with Crippen molar-refractivity contribution in [1.29, 1.82) is 0 Å². The summed E-state index contributed by atoms with van der Waals surface area (Å²) in [4.78, 5) is 15.8. The van der Waals surface area contributed by atoms with E-state index in [0.29, 0.717) is 56.0 Å².